The molecule has 0 bridgehead atoms. The molecule has 1 rings (SSSR count). The first-order valence-electron chi connectivity index (χ1n) is 6.75. The van der Waals surface area contributed by atoms with Gasteiger partial charge < -0.3 is 21.1 Å². The fraction of sp³-hybridized carbons (Fsp3) is 0.769. The normalized spacial score (nSPS) is 18.4. The number of nitrogens with zero attached hydrogens (tertiary/aromatic N) is 1. The van der Waals surface area contributed by atoms with Gasteiger partial charge in [0.1, 0.15) is 5.54 Å². The molecule has 7 heteroatoms. The zero-order valence-corrected chi connectivity index (χ0v) is 12.2. The average molecular weight is 285 g/mol. The molecule has 0 saturated carbocycles. The second-order valence-corrected chi connectivity index (χ2v) is 5.85. The summed E-state index contributed by atoms with van der Waals surface area (Å²) in [5.74, 6) is -1.42. The molecule has 1 heterocycles. The second-order valence-electron chi connectivity index (χ2n) is 5.85. The molecule has 0 aromatic carbocycles. The van der Waals surface area contributed by atoms with E-state index in [2.05, 4.69) is 5.32 Å². The van der Waals surface area contributed by atoms with Crippen molar-refractivity contribution in [2.45, 2.75) is 45.6 Å². The maximum Gasteiger partial charge on any atom is 0.318 e. The van der Waals surface area contributed by atoms with Crippen molar-refractivity contribution in [1.29, 1.82) is 0 Å². The molecule has 0 atom stereocenters. The van der Waals surface area contributed by atoms with Crippen LogP contribution in [0.3, 0.4) is 0 Å². The van der Waals surface area contributed by atoms with Crippen LogP contribution in [0.25, 0.3) is 0 Å². The number of primary amides is 1. The topological polar surface area (TPSA) is 113 Å². The highest BCUT2D eigenvalue weighted by molar-refractivity contribution is 5.89. The highest BCUT2D eigenvalue weighted by atomic mass is 16.4. The molecule has 1 aliphatic heterocycles. The average Bonchev–Trinajstić information content (AvgIpc) is 2.37. The van der Waals surface area contributed by atoms with Crippen LogP contribution in [0.2, 0.25) is 0 Å². The minimum atomic E-state index is -1.12. The number of amides is 3. The molecule has 4 N–H and O–H groups in total. The molecular formula is C13H23N3O4. The van der Waals surface area contributed by atoms with Gasteiger partial charge in [0.05, 0.1) is 5.41 Å². The fourth-order valence-electron chi connectivity index (χ4n) is 2.26. The van der Waals surface area contributed by atoms with E-state index in [0.717, 1.165) is 0 Å². The molecule has 114 valence electrons. The van der Waals surface area contributed by atoms with Crippen molar-refractivity contribution in [1.82, 2.24) is 10.2 Å². The zero-order valence-electron chi connectivity index (χ0n) is 12.2. The van der Waals surface area contributed by atoms with Crippen molar-refractivity contribution in [2.75, 3.05) is 13.1 Å². The van der Waals surface area contributed by atoms with Gasteiger partial charge in [-0.2, -0.15) is 0 Å². The number of carbonyl (C=O) groups is 3. The number of hydrogen-bond acceptors (Lipinski definition) is 3. The molecular weight excluding hydrogens is 262 g/mol. The van der Waals surface area contributed by atoms with E-state index in [1.807, 2.05) is 6.92 Å². The molecule has 7 nitrogen and oxygen atoms in total. The number of nitrogens with one attached hydrogen (secondary N) is 1. The molecule has 1 fully saturated rings. The molecule has 3 amide bonds. The Morgan fingerprint density at radius 2 is 1.80 bits per heavy atom. The number of carbonyl (C=O) groups excluding carboxylic acids is 2. The predicted octanol–water partition coefficient (Wildman–Crippen LogP) is 0.537. The summed E-state index contributed by atoms with van der Waals surface area (Å²) < 4.78 is 0. The van der Waals surface area contributed by atoms with Gasteiger partial charge in [0.2, 0.25) is 5.91 Å². The number of aliphatic carboxylic acids is 1. The highest BCUT2D eigenvalue weighted by Gasteiger charge is 2.41. The van der Waals surface area contributed by atoms with Crippen LogP contribution in [0.1, 0.15) is 40.0 Å². The van der Waals surface area contributed by atoms with E-state index in [4.69, 9.17) is 5.73 Å². The monoisotopic (exact) mass is 285 g/mol. The van der Waals surface area contributed by atoms with Crippen LogP contribution in [-0.4, -0.2) is 46.5 Å². The number of piperidine rings is 1. The molecule has 0 aromatic heterocycles. The maximum absolute atomic E-state index is 12.0. The summed E-state index contributed by atoms with van der Waals surface area (Å²) in [5.41, 5.74) is 3.34. The number of nitrogens with two attached hydrogens (primary N) is 1. The van der Waals surface area contributed by atoms with E-state index >= 15 is 0 Å². The first-order chi connectivity index (χ1) is 9.14. The van der Waals surface area contributed by atoms with Crippen molar-refractivity contribution in [3.05, 3.63) is 0 Å². The molecule has 0 radical (unpaired) electrons. The number of hydrogen-bond donors (Lipinski definition) is 3. The summed E-state index contributed by atoms with van der Waals surface area (Å²) in [6.45, 7) is 5.64. The lowest BCUT2D eigenvalue weighted by Crippen LogP contribution is -2.58. The van der Waals surface area contributed by atoms with Crippen molar-refractivity contribution < 1.29 is 19.5 Å². The standard InChI is InChI=1S/C13H23N3O4/c1-4-13(10(18)19)5-7-16(8-6-13)11(20)15-12(2,3)9(14)17/h4-8H2,1-3H3,(H2,14,17)(H,15,20)(H,18,19). The third-order valence-corrected chi connectivity index (χ3v) is 4.17. The first-order valence-corrected chi connectivity index (χ1v) is 6.75. The fourth-order valence-corrected chi connectivity index (χ4v) is 2.26. The number of carboxylic acid groups (broad SMARTS) is 1. The summed E-state index contributed by atoms with van der Waals surface area (Å²) in [6.07, 6.45) is 1.39. The van der Waals surface area contributed by atoms with Gasteiger partial charge in [-0.05, 0) is 33.1 Å². The van der Waals surface area contributed by atoms with Gasteiger partial charge >= 0.3 is 12.0 Å². The van der Waals surface area contributed by atoms with Gasteiger partial charge in [-0.1, -0.05) is 6.92 Å². The molecule has 0 aliphatic carbocycles. The van der Waals surface area contributed by atoms with Gasteiger partial charge in [-0.25, -0.2) is 4.79 Å². The summed E-state index contributed by atoms with van der Waals surface area (Å²) in [5, 5.41) is 11.9. The Morgan fingerprint density at radius 3 is 2.15 bits per heavy atom. The largest absolute Gasteiger partial charge is 0.481 e. The predicted molar refractivity (Wildman–Crippen MR) is 73.0 cm³/mol. The summed E-state index contributed by atoms with van der Waals surface area (Å²) >= 11 is 0. The number of urea groups is 1. The van der Waals surface area contributed by atoms with Crippen LogP contribution < -0.4 is 11.1 Å². The van der Waals surface area contributed by atoms with Crippen LogP contribution >= 0.6 is 0 Å². The van der Waals surface area contributed by atoms with Gasteiger partial charge in [-0.3, -0.25) is 9.59 Å². The van der Waals surface area contributed by atoms with Crippen LogP contribution in [0.5, 0.6) is 0 Å². The lowest BCUT2D eigenvalue weighted by atomic mass is 9.76. The van der Waals surface area contributed by atoms with Crippen molar-refractivity contribution in [2.24, 2.45) is 11.1 Å². The quantitative estimate of drug-likeness (QED) is 0.699. The summed E-state index contributed by atoms with van der Waals surface area (Å²) in [4.78, 5) is 36.1. The maximum atomic E-state index is 12.0. The Morgan fingerprint density at radius 1 is 1.30 bits per heavy atom. The van der Waals surface area contributed by atoms with Gasteiger partial charge in [0.25, 0.3) is 0 Å². The number of carboxylic acids is 1. The number of rotatable bonds is 4. The van der Waals surface area contributed by atoms with Crippen molar-refractivity contribution in [3.63, 3.8) is 0 Å². The molecule has 1 saturated heterocycles. The second kappa shape index (κ2) is 5.68. The van der Waals surface area contributed by atoms with Gasteiger partial charge in [-0.15, -0.1) is 0 Å². The third-order valence-electron chi connectivity index (χ3n) is 4.17. The highest BCUT2D eigenvalue weighted by Crippen LogP contribution is 2.35. The lowest BCUT2D eigenvalue weighted by molar-refractivity contribution is -0.151. The minimum absolute atomic E-state index is 0.362. The Hall–Kier alpha value is -1.79. The van der Waals surface area contributed by atoms with E-state index in [-0.39, 0.29) is 6.03 Å². The van der Waals surface area contributed by atoms with Crippen LogP contribution in [0, 0.1) is 5.41 Å². The molecule has 0 unspecified atom stereocenters. The Balaban J connectivity index is 2.64. The van der Waals surface area contributed by atoms with E-state index in [0.29, 0.717) is 32.4 Å². The summed E-state index contributed by atoms with van der Waals surface area (Å²) in [7, 11) is 0. The van der Waals surface area contributed by atoms with Crippen molar-refractivity contribution >= 4 is 17.9 Å². The molecule has 0 spiro atoms. The third kappa shape index (κ3) is 3.20. The molecule has 0 aromatic rings. The van der Waals surface area contributed by atoms with E-state index < -0.39 is 22.8 Å². The van der Waals surface area contributed by atoms with Crippen LogP contribution in [0.4, 0.5) is 4.79 Å². The Labute approximate surface area is 118 Å². The molecule has 20 heavy (non-hydrogen) atoms. The minimum Gasteiger partial charge on any atom is -0.481 e. The van der Waals surface area contributed by atoms with Crippen LogP contribution in [-0.2, 0) is 9.59 Å². The van der Waals surface area contributed by atoms with Crippen molar-refractivity contribution in [3.8, 4) is 0 Å². The summed E-state index contributed by atoms with van der Waals surface area (Å²) in [6, 6.07) is -0.385. The SMILES string of the molecule is CCC1(C(=O)O)CCN(C(=O)NC(C)(C)C(N)=O)CC1. The zero-order chi connectivity index (χ0) is 15.6. The Kier molecular flexibility index (Phi) is 4.62. The van der Waals surface area contributed by atoms with E-state index in [1.54, 1.807) is 0 Å². The molecule has 1 aliphatic rings. The lowest BCUT2D eigenvalue weighted by Gasteiger charge is -2.39. The smallest absolute Gasteiger partial charge is 0.318 e. The number of likely N-dealkylation sites (tertiary alicyclic amines) is 1. The van der Waals surface area contributed by atoms with Gasteiger partial charge in [0, 0.05) is 13.1 Å². The van der Waals surface area contributed by atoms with Gasteiger partial charge in [0.15, 0.2) is 0 Å². The first kappa shape index (κ1) is 16.3. The Bertz CT molecular complexity index is 412. The van der Waals surface area contributed by atoms with Crippen LogP contribution in [0.15, 0.2) is 0 Å². The van der Waals surface area contributed by atoms with E-state index in [9.17, 15) is 19.5 Å². The van der Waals surface area contributed by atoms with E-state index in [1.165, 1.54) is 18.7 Å².